The normalized spacial score (nSPS) is 9.47. The van der Waals surface area contributed by atoms with Gasteiger partial charge in [-0.25, -0.2) is 5.43 Å². The van der Waals surface area contributed by atoms with Gasteiger partial charge in [0.2, 0.25) is 0 Å². The van der Waals surface area contributed by atoms with E-state index >= 15 is 0 Å². The van der Waals surface area contributed by atoms with Gasteiger partial charge in [-0.15, -0.1) is 0 Å². The third-order valence-corrected chi connectivity index (χ3v) is 2.16. The number of hydrazone groups is 1. The van der Waals surface area contributed by atoms with Crippen LogP contribution in [0.5, 0.6) is 0 Å². The predicted molar refractivity (Wildman–Crippen MR) is 62.1 cm³/mol. The van der Waals surface area contributed by atoms with Crippen LogP contribution in [0.2, 0.25) is 0 Å². The lowest BCUT2D eigenvalue weighted by Gasteiger charge is -2.07. The van der Waals surface area contributed by atoms with Crippen molar-refractivity contribution in [2.24, 2.45) is 5.10 Å². The van der Waals surface area contributed by atoms with Gasteiger partial charge in [-0.1, -0.05) is 6.07 Å². The van der Waals surface area contributed by atoms with E-state index in [9.17, 15) is 4.79 Å². The molecule has 0 aliphatic heterocycles. The highest BCUT2D eigenvalue weighted by molar-refractivity contribution is 5.80. The molecule has 0 heterocycles. The minimum atomic E-state index is -0.205. The Kier molecular flexibility index (Phi) is 3.85. The molecule has 1 aromatic rings. The molecule has 80 valence electrons. The molecule has 0 fully saturated rings. The Labute approximate surface area is 89.4 Å². The molecule has 0 saturated heterocycles. The quantitative estimate of drug-likeness (QED) is 0.577. The number of anilines is 1. The molecule has 0 bridgehead atoms. The molecule has 0 saturated carbocycles. The summed E-state index contributed by atoms with van der Waals surface area (Å²) in [6, 6.07) is 5.96. The number of nitrogens with one attached hydrogen (secondary N) is 2. The van der Waals surface area contributed by atoms with Crippen molar-refractivity contribution in [1.82, 2.24) is 5.43 Å². The van der Waals surface area contributed by atoms with E-state index in [0.717, 1.165) is 5.69 Å². The van der Waals surface area contributed by atoms with E-state index in [1.807, 2.05) is 32.0 Å². The zero-order chi connectivity index (χ0) is 11.3. The second-order valence-electron chi connectivity index (χ2n) is 3.35. The molecule has 0 unspecified atom stereocenters. The molecule has 15 heavy (non-hydrogen) atoms. The topological polar surface area (TPSA) is 53.5 Å². The summed E-state index contributed by atoms with van der Waals surface area (Å²) in [5.74, 6) is -0.205. The lowest BCUT2D eigenvalue weighted by molar-refractivity contribution is -0.119. The lowest BCUT2D eigenvalue weighted by Crippen LogP contribution is -2.25. The summed E-state index contributed by atoms with van der Waals surface area (Å²) < 4.78 is 0. The van der Waals surface area contributed by atoms with Crippen LogP contribution in [0.4, 0.5) is 5.69 Å². The Morgan fingerprint density at radius 2 is 2.13 bits per heavy atom. The molecule has 1 amide bonds. The summed E-state index contributed by atoms with van der Waals surface area (Å²) in [5, 5.41) is 6.29. The van der Waals surface area contributed by atoms with E-state index in [0.29, 0.717) is 0 Å². The van der Waals surface area contributed by atoms with Gasteiger partial charge in [-0.05, 0) is 37.1 Å². The molecule has 0 aromatic heterocycles. The number of hydrogen-bond donors (Lipinski definition) is 2. The van der Waals surface area contributed by atoms with Gasteiger partial charge in [0.15, 0.2) is 0 Å². The number of benzene rings is 1. The SMILES string of the molecule is C=NNC(=O)CNc1ccc(C)c(C)c1. The van der Waals surface area contributed by atoms with Gasteiger partial charge in [-0.2, -0.15) is 5.10 Å². The van der Waals surface area contributed by atoms with Gasteiger partial charge < -0.3 is 5.32 Å². The third kappa shape index (κ3) is 3.42. The van der Waals surface area contributed by atoms with Gasteiger partial charge in [0.05, 0.1) is 6.54 Å². The van der Waals surface area contributed by atoms with Crippen LogP contribution in [-0.4, -0.2) is 19.2 Å². The first kappa shape index (κ1) is 11.2. The zero-order valence-corrected chi connectivity index (χ0v) is 9.00. The van der Waals surface area contributed by atoms with Gasteiger partial charge in [-0.3, -0.25) is 4.79 Å². The number of nitrogens with zero attached hydrogens (tertiary/aromatic N) is 1. The highest BCUT2D eigenvalue weighted by atomic mass is 16.2. The first-order valence-electron chi connectivity index (χ1n) is 4.69. The predicted octanol–water partition coefficient (Wildman–Crippen LogP) is 1.45. The van der Waals surface area contributed by atoms with Crippen LogP contribution in [0.3, 0.4) is 0 Å². The fourth-order valence-corrected chi connectivity index (χ4v) is 1.16. The molecule has 1 aromatic carbocycles. The van der Waals surface area contributed by atoms with Crippen LogP contribution in [0.15, 0.2) is 23.3 Å². The second kappa shape index (κ2) is 5.14. The average molecular weight is 205 g/mol. The van der Waals surface area contributed by atoms with Crippen molar-refractivity contribution in [3.63, 3.8) is 0 Å². The molecule has 0 atom stereocenters. The zero-order valence-electron chi connectivity index (χ0n) is 9.00. The van der Waals surface area contributed by atoms with Gasteiger partial charge >= 0.3 is 0 Å². The minimum absolute atomic E-state index is 0.196. The van der Waals surface area contributed by atoms with Crippen LogP contribution in [0, 0.1) is 13.8 Å². The van der Waals surface area contributed by atoms with Gasteiger partial charge in [0.25, 0.3) is 5.91 Å². The summed E-state index contributed by atoms with van der Waals surface area (Å²) in [6.07, 6.45) is 0. The fourth-order valence-electron chi connectivity index (χ4n) is 1.16. The van der Waals surface area contributed by atoms with E-state index in [1.54, 1.807) is 0 Å². The lowest BCUT2D eigenvalue weighted by atomic mass is 10.1. The van der Waals surface area contributed by atoms with E-state index < -0.39 is 0 Å². The van der Waals surface area contributed by atoms with Gasteiger partial charge in [0, 0.05) is 12.4 Å². The molecular formula is C11H15N3O. The van der Waals surface area contributed by atoms with E-state index in [1.165, 1.54) is 11.1 Å². The average Bonchev–Trinajstić information content (AvgIpc) is 2.20. The van der Waals surface area contributed by atoms with E-state index in [-0.39, 0.29) is 12.5 Å². The molecule has 0 aliphatic rings. The molecule has 2 N–H and O–H groups in total. The summed E-state index contributed by atoms with van der Waals surface area (Å²) in [5.41, 5.74) is 5.61. The van der Waals surface area contributed by atoms with Crippen molar-refractivity contribution in [3.05, 3.63) is 29.3 Å². The van der Waals surface area contributed by atoms with E-state index in [4.69, 9.17) is 0 Å². The van der Waals surface area contributed by atoms with Crippen molar-refractivity contribution >= 4 is 18.3 Å². The first-order chi connectivity index (χ1) is 7.13. The Morgan fingerprint density at radius 3 is 2.73 bits per heavy atom. The van der Waals surface area contributed by atoms with Crippen LogP contribution in [-0.2, 0) is 4.79 Å². The molecule has 4 nitrogen and oxygen atoms in total. The van der Waals surface area contributed by atoms with Gasteiger partial charge in [0.1, 0.15) is 0 Å². The minimum Gasteiger partial charge on any atom is -0.376 e. The number of rotatable bonds is 4. The van der Waals surface area contributed by atoms with Crippen molar-refractivity contribution in [2.45, 2.75) is 13.8 Å². The standard InChI is InChI=1S/C11H15N3O/c1-8-4-5-10(6-9(8)2)13-7-11(15)14-12-3/h4-6,13H,3,7H2,1-2H3,(H,14,15). The Hall–Kier alpha value is -1.84. The largest absolute Gasteiger partial charge is 0.376 e. The van der Waals surface area contributed by atoms with Crippen LogP contribution in [0.1, 0.15) is 11.1 Å². The molecular weight excluding hydrogens is 190 g/mol. The maximum absolute atomic E-state index is 11.1. The maximum atomic E-state index is 11.1. The Morgan fingerprint density at radius 1 is 1.40 bits per heavy atom. The van der Waals surface area contributed by atoms with Crippen molar-refractivity contribution in [1.29, 1.82) is 0 Å². The number of carbonyl (C=O) groups excluding carboxylic acids is 1. The highest BCUT2D eigenvalue weighted by Crippen LogP contribution is 2.13. The second-order valence-corrected chi connectivity index (χ2v) is 3.35. The molecule has 1 rings (SSSR count). The number of aryl methyl sites for hydroxylation is 2. The molecule has 0 radical (unpaired) electrons. The molecule has 0 aliphatic carbocycles. The summed E-state index contributed by atoms with van der Waals surface area (Å²) in [4.78, 5) is 11.1. The number of hydrogen-bond acceptors (Lipinski definition) is 3. The van der Waals surface area contributed by atoms with Crippen molar-refractivity contribution in [3.8, 4) is 0 Å². The monoisotopic (exact) mass is 205 g/mol. The van der Waals surface area contributed by atoms with Crippen molar-refractivity contribution < 1.29 is 4.79 Å². The first-order valence-corrected chi connectivity index (χ1v) is 4.69. The third-order valence-electron chi connectivity index (χ3n) is 2.16. The molecule has 4 heteroatoms. The summed E-state index contributed by atoms with van der Waals surface area (Å²) in [6.45, 7) is 7.45. The summed E-state index contributed by atoms with van der Waals surface area (Å²) in [7, 11) is 0. The van der Waals surface area contributed by atoms with Crippen LogP contribution < -0.4 is 10.7 Å². The number of carbonyl (C=O) groups is 1. The van der Waals surface area contributed by atoms with Crippen LogP contribution >= 0.6 is 0 Å². The van der Waals surface area contributed by atoms with Crippen LogP contribution in [0.25, 0.3) is 0 Å². The highest BCUT2D eigenvalue weighted by Gasteiger charge is 1.99. The number of amides is 1. The smallest absolute Gasteiger partial charge is 0.259 e. The Bertz CT molecular complexity index is 374. The molecule has 0 spiro atoms. The fraction of sp³-hybridized carbons (Fsp3) is 0.273. The van der Waals surface area contributed by atoms with Crippen molar-refractivity contribution in [2.75, 3.05) is 11.9 Å². The summed E-state index contributed by atoms with van der Waals surface area (Å²) >= 11 is 0. The maximum Gasteiger partial charge on any atom is 0.259 e. The van der Waals surface area contributed by atoms with E-state index in [2.05, 4.69) is 22.6 Å². The Balaban J connectivity index is 2.54.